The topological polar surface area (TPSA) is 113 Å². The molecule has 2 aromatic rings. The molecule has 9 heteroatoms. The zero-order chi connectivity index (χ0) is 19.8. The van der Waals surface area contributed by atoms with Gasteiger partial charge in [0.15, 0.2) is 5.69 Å². The number of nitrogens with one attached hydrogen (secondary N) is 2. The number of aromatic amines is 1. The number of hydrogen-bond acceptors (Lipinski definition) is 6. The van der Waals surface area contributed by atoms with Gasteiger partial charge in [-0.3, -0.25) is 24.9 Å². The predicted molar refractivity (Wildman–Crippen MR) is 101 cm³/mol. The van der Waals surface area contributed by atoms with E-state index < -0.39 is 4.92 Å². The fourth-order valence-corrected chi connectivity index (χ4v) is 3.45. The average Bonchev–Trinajstić information content (AvgIpc) is 3.02. The Morgan fingerprint density at radius 3 is 2.70 bits per heavy atom. The lowest BCUT2D eigenvalue weighted by atomic mass is 10.00. The Labute approximate surface area is 157 Å². The minimum atomic E-state index is -0.488. The molecular weight excluding hydrogens is 350 g/mol. The van der Waals surface area contributed by atoms with Crippen molar-refractivity contribution in [3.63, 3.8) is 0 Å². The lowest BCUT2D eigenvalue weighted by Gasteiger charge is -2.45. The summed E-state index contributed by atoms with van der Waals surface area (Å²) >= 11 is 0. The fourth-order valence-electron chi connectivity index (χ4n) is 3.45. The van der Waals surface area contributed by atoms with Gasteiger partial charge in [-0.1, -0.05) is 0 Å². The number of nitro benzene ring substituents is 1. The standard InChI is InChI=1S/C18H25N5O4/c1-11-8-22(9-12(2)27-11)18(3,4)10-19-17(24)16-14-7-13(23(25)26)5-6-15(14)20-21-16/h5-7,11-12H,8-10H2,1-4H3,(H,19,24)(H,20,21). The van der Waals surface area contributed by atoms with Crippen molar-refractivity contribution in [1.29, 1.82) is 0 Å². The monoisotopic (exact) mass is 375 g/mol. The van der Waals surface area contributed by atoms with E-state index in [1.165, 1.54) is 12.1 Å². The molecule has 1 aromatic carbocycles. The number of hydrogen-bond donors (Lipinski definition) is 2. The van der Waals surface area contributed by atoms with E-state index in [9.17, 15) is 14.9 Å². The molecular formula is C18H25N5O4. The van der Waals surface area contributed by atoms with E-state index in [0.717, 1.165) is 13.1 Å². The molecule has 2 atom stereocenters. The summed E-state index contributed by atoms with van der Waals surface area (Å²) in [5.41, 5.74) is 0.406. The summed E-state index contributed by atoms with van der Waals surface area (Å²) in [4.78, 5) is 25.5. The van der Waals surface area contributed by atoms with E-state index in [4.69, 9.17) is 4.74 Å². The Morgan fingerprint density at radius 2 is 2.07 bits per heavy atom. The minimum absolute atomic E-state index is 0.0745. The zero-order valence-electron chi connectivity index (χ0n) is 16.0. The molecule has 27 heavy (non-hydrogen) atoms. The molecule has 0 radical (unpaired) electrons. The van der Waals surface area contributed by atoms with Crippen LogP contribution in [0.3, 0.4) is 0 Å². The van der Waals surface area contributed by atoms with Crippen LogP contribution in [0, 0.1) is 10.1 Å². The number of aromatic nitrogens is 2. The van der Waals surface area contributed by atoms with Crippen molar-refractivity contribution in [1.82, 2.24) is 20.4 Å². The summed E-state index contributed by atoms with van der Waals surface area (Å²) in [6.45, 7) is 10.3. The zero-order valence-corrected chi connectivity index (χ0v) is 16.0. The van der Waals surface area contributed by atoms with Crippen LogP contribution >= 0.6 is 0 Å². The maximum atomic E-state index is 12.7. The number of fused-ring (bicyclic) bond motifs is 1. The minimum Gasteiger partial charge on any atom is -0.373 e. The van der Waals surface area contributed by atoms with E-state index >= 15 is 0 Å². The van der Waals surface area contributed by atoms with Crippen LogP contribution < -0.4 is 5.32 Å². The van der Waals surface area contributed by atoms with E-state index in [1.54, 1.807) is 6.07 Å². The molecule has 1 aromatic heterocycles. The second kappa shape index (κ2) is 7.24. The third-order valence-electron chi connectivity index (χ3n) is 4.93. The SMILES string of the molecule is CC1CN(C(C)(C)CNC(=O)c2n[nH]c3ccc([N+](=O)[O-])cc23)CC(C)O1. The highest BCUT2D eigenvalue weighted by Crippen LogP contribution is 2.23. The number of ether oxygens (including phenoxy) is 1. The van der Waals surface area contributed by atoms with Crippen LogP contribution in [0.2, 0.25) is 0 Å². The summed E-state index contributed by atoms with van der Waals surface area (Å²) in [6, 6.07) is 4.30. The second-order valence-corrected chi connectivity index (χ2v) is 7.72. The summed E-state index contributed by atoms with van der Waals surface area (Å²) in [5, 5.41) is 21.1. The van der Waals surface area contributed by atoms with Crippen molar-refractivity contribution in [3.8, 4) is 0 Å². The molecule has 0 spiro atoms. The fraction of sp³-hybridized carbons (Fsp3) is 0.556. The van der Waals surface area contributed by atoms with Gasteiger partial charge in [-0.15, -0.1) is 0 Å². The number of non-ortho nitro benzene ring substituents is 1. The molecule has 9 nitrogen and oxygen atoms in total. The normalized spacial score (nSPS) is 21.3. The van der Waals surface area contributed by atoms with Gasteiger partial charge >= 0.3 is 0 Å². The first kappa shape index (κ1) is 19.2. The maximum absolute atomic E-state index is 12.7. The molecule has 1 aliphatic rings. The van der Waals surface area contributed by atoms with E-state index in [1.807, 2.05) is 13.8 Å². The molecule has 0 bridgehead atoms. The van der Waals surface area contributed by atoms with Crippen molar-refractivity contribution in [2.75, 3.05) is 19.6 Å². The number of nitro groups is 1. The molecule has 146 valence electrons. The van der Waals surface area contributed by atoms with E-state index in [0.29, 0.717) is 17.4 Å². The predicted octanol–water partition coefficient (Wildman–Crippen LogP) is 2.09. The lowest BCUT2D eigenvalue weighted by Crippen LogP contribution is -2.58. The summed E-state index contributed by atoms with van der Waals surface area (Å²) in [6.07, 6.45) is 0.277. The quantitative estimate of drug-likeness (QED) is 0.611. The van der Waals surface area contributed by atoms with Crippen molar-refractivity contribution >= 4 is 22.5 Å². The van der Waals surface area contributed by atoms with Gasteiger partial charge < -0.3 is 10.1 Å². The second-order valence-electron chi connectivity index (χ2n) is 7.72. The third kappa shape index (κ3) is 4.09. The van der Waals surface area contributed by atoms with Gasteiger partial charge in [0.1, 0.15) is 0 Å². The molecule has 2 unspecified atom stereocenters. The smallest absolute Gasteiger partial charge is 0.272 e. The van der Waals surface area contributed by atoms with Gasteiger partial charge in [-0.05, 0) is 33.8 Å². The maximum Gasteiger partial charge on any atom is 0.272 e. The number of amides is 1. The van der Waals surface area contributed by atoms with Gasteiger partial charge in [0.25, 0.3) is 11.6 Å². The number of nitrogens with zero attached hydrogens (tertiary/aromatic N) is 3. The summed E-state index contributed by atoms with van der Waals surface area (Å²) in [5.74, 6) is -0.357. The molecule has 1 aliphatic heterocycles. The van der Waals surface area contributed by atoms with Gasteiger partial charge in [0.05, 0.1) is 22.6 Å². The Hall–Kier alpha value is -2.52. The van der Waals surface area contributed by atoms with Crippen molar-refractivity contribution in [3.05, 3.63) is 34.0 Å². The third-order valence-corrected chi connectivity index (χ3v) is 4.93. The highest BCUT2D eigenvalue weighted by molar-refractivity contribution is 6.05. The van der Waals surface area contributed by atoms with Crippen molar-refractivity contribution < 1.29 is 14.5 Å². The van der Waals surface area contributed by atoms with Crippen LogP contribution in [0.15, 0.2) is 18.2 Å². The molecule has 2 heterocycles. The molecule has 3 rings (SSSR count). The molecule has 0 aliphatic carbocycles. The average molecular weight is 375 g/mol. The summed E-state index contributed by atoms with van der Waals surface area (Å²) in [7, 11) is 0. The highest BCUT2D eigenvalue weighted by atomic mass is 16.6. The van der Waals surface area contributed by atoms with E-state index in [-0.39, 0.29) is 35.0 Å². The first-order valence-corrected chi connectivity index (χ1v) is 8.98. The Morgan fingerprint density at radius 1 is 1.41 bits per heavy atom. The molecule has 1 fully saturated rings. The number of morpholine rings is 1. The number of H-pyrrole nitrogens is 1. The van der Waals surface area contributed by atoms with Crippen LogP contribution in [0.1, 0.15) is 38.2 Å². The van der Waals surface area contributed by atoms with Crippen LogP contribution in [0.25, 0.3) is 10.9 Å². The van der Waals surface area contributed by atoms with E-state index in [2.05, 4.69) is 34.3 Å². The van der Waals surface area contributed by atoms with Crippen LogP contribution in [0.5, 0.6) is 0 Å². The largest absolute Gasteiger partial charge is 0.373 e. The number of rotatable bonds is 5. The molecule has 0 saturated carbocycles. The molecule has 1 amide bonds. The Kier molecular flexibility index (Phi) is 5.16. The van der Waals surface area contributed by atoms with Gasteiger partial charge in [-0.25, -0.2) is 0 Å². The van der Waals surface area contributed by atoms with Crippen LogP contribution in [0.4, 0.5) is 5.69 Å². The van der Waals surface area contributed by atoms with Gasteiger partial charge in [0.2, 0.25) is 0 Å². The molecule has 2 N–H and O–H groups in total. The van der Waals surface area contributed by atoms with Gasteiger partial charge in [-0.2, -0.15) is 5.10 Å². The summed E-state index contributed by atoms with van der Waals surface area (Å²) < 4.78 is 5.78. The Balaban J connectivity index is 1.73. The first-order valence-electron chi connectivity index (χ1n) is 8.98. The lowest BCUT2D eigenvalue weighted by molar-refractivity contribution is -0.384. The van der Waals surface area contributed by atoms with Crippen molar-refractivity contribution in [2.45, 2.75) is 45.4 Å². The Bertz CT molecular complexity index is 853. The number of benzene rings is 1. The first-order chi connectivity index (χ1) is 12.7. The van der Waals surface area contributed by atoms with Crippen LogP contribution in [-0.4, -0.2) is 63.3 Å². The highest BCUT2D eigenvalue weighted by Gasteiger charge is 2.33. The number of carbonyl (C=O) groups excluding carboxylic acids is 1. The van der Waals surface area contributed by atoms with Gasteiger partial charge in [0, 0.05) is 42.7 Å². The van der Waals surface area contributed by atoms with Crippen LogP contribution in [-0.2, 0) is 4.74 Å². The molecule has 1 saturated heterocycles. The van der Waals surface area contributed by atoms with Crippen molar-refractivity contribution in [2.24, 2.45) is 0 Å². The number of carbonyl (C=O) groups is 1.